The maximum atomic E-state index is 13.2. The highest BCUT2D eigenvalue weighted by Gasteiger charge is 2.08. The Balaban J connectivity index is 2.37. The van der Waals surface area contributed by atoms with Gasteiger partial charge in [0.05, 0.1) is 22.6 Å². The van der Waals surface area contributed by atoms with Crippen LogP contribution in [0.1, 0.15) is 5.56 Å². The Morgan fingerprint density at radius 3 is 2.88 bits per heavy atom. The molecule has 17 heavy (non-hydrogen) atoms. The fourth-order valence-corrected chi connectivity index (χ4v) is 1.52. The Bertz CT molecular complexity index is 559. The van der Waals surface area contributed by atoms with E-state index in [1.165, 1.54) is 18.6 Å². The number of halogens is 2. The van der Waals surface area contributed by atoms with Gasteiger partial charge in [-0.3, -0.25) is 0 Å². The Labute approximate surface area is 103 Å². The molecule has 0 saturated carbocycles. The standard InChI is InChI=1S/C11H10ClFN4/c1-6-2-10(7(12)3-8(6)13)17-11-9(14)4-15-5-16-11/h2-5H,14H2,1H3,(H,15,16,17). The van der Waals surface area contributed by atoms with Crippen molar-refractivity contribution in [1.82, 2.24) is 9.97 Å². The van der Waals surface area contributed by atoms with Crippen LogP contribution in [0.3, 0.4) is 0 Å². The molecule has 2 rings (SSSR count). The van der Waals surface area contributed by atoms with Crippen molar-refractivity contribution in [2.75, 3.05) is 11.1 Å². The van der Waals surface area contributed by atoms with Crippen molar-refractivity contribution in [3.05, 3.63) is 41.1 Å². The first-order valence-electron chi connectivity index (χ1n) is 4.86. The van der Waals surface area contributed by atoms with E-state index in [0.29, 0.717) is 22.8 Å². The average Bonchev–Trinajstić information content (AvgIpc) is 2.29. The van der Waals surface area contributed by atoms with Gasteiger partial charge in [-0.2, -0.15) is 0 Å². The van der Waals surface area contributed by atoms with Gasteiger partial charge in [0.15, 0.2) is 5.82 Å². The molecule has 0 amide bonds. The Morgan fingerprint density at radius 1 is 1.41 bits per heavy atom. The Morgan fingerprint density at radius 2 is 2.18 bits per heavy atom. The minimum absolute atomic E-state index is 0.270. The lowest BCUT2D eigenvalue weighted by Crippen LogP contribution is -2.00. The molecule has 88 valence electrons. The number of nitrogen functional groups attached to an aromatic ring is 1. The number of aromatic nitrogens is 2. The molecule has 6 heteroatoms. The van der Waals surface area contributed by atoms with E-state index in [9.17, 15) is 4.39 Å². The lowest BCUT2D eigenvalue weighted by molar-refractivity contribution is 0.619. The molecule has 4 nitrogen and oxygen atoms in total. The normalized spacial score (nSPS) is 10.3. The van der Waals surface area contributed by atoms with Crippen LogP contribution < -0.4 is 11.1 Å². The molecule has 2 aromatic rings. The van der Waals surface area contributed by atoms with Crippen molar-refractivity contribution in [3.63, 3.8) is 0 Å². The molecule has 0 saturated heterocycles. The first-order valence-corrected chi connectivity index (χ1v) is 5.24. The number of anilines is 3. The van der Waals surface area contributed by atoms with E-state index in [1.54, 1.807) is 13.0 Å². The molecule has 1 aromatic heterocycles. The summed E-state index contributed by atoms with van der Waals surface area (Å²) < 4.78 is 13.2. The van der Waals surface area contributed by atoms with E-state index < -0.39 is 0 Å². The van der Waals surface area contributed by atoms with Gasteiger partial charge in [-0.25, -0.2) is 14.4 Å². The summed E-state index contributed by atoms with van der Waals surface area (Å²) >= 11 is 5.92. The Hall–Kier alpha value is -1.88. The van der Waals surface area contributed by atoms with E-state index in [1.807, 2.05) is 0 Å². The second-order valence-corrected chi connectivity index (χ2v) is 3.94. The third-order valence-electron chi connectivity index (χ3n) is 2.24. The number of benzene rings is 1. The van der Waals surface area contributed by atoms with Gasteiger partial charge in [-0.15, -0.1) is 0 Å². The number of nitrogens with zero attached hydrogens (tertiary/aromatic N) is 2. The van der Waals surface area contributed by atoms with Gasteiger partial charge in [-0.05, 0) is 24.6 Å². The van der Waals surface area contributed by atoms with Crippen LogP contribution in [0.2, 0.25) is 5.02 Å². The SMILES string of the molecule is Cc1cc(Nc2ncncc2N)c(Cl)cc1F. The summed E-state index contributed by atoms with van der Waals surface area (Å²) in [5.41, 5.74) is 7.12. The van der Waals surface area contributed by atoms with Gasteiger partial charge in [0, 0.05) is 0 Å². The number of rotatable bonds is 2. The largest absolute Gasteiger partial charge is 0.394 e. The number of aryl methyl sites for hydroxylation is 1. The number of nitrogens with two attached hydrogens (primary N) is 1. The van der Waals surface area contributed by atoms with Crippen molar-refractivity contribution < 1.29 is 4.39 Å². The predicted molar refractivity (Wildman–Crippen MR) is 65.9 cm³/mol. The summed E-state index contributed by atoms with van der Waals surface area (Å²) in [7, 11) is 0. The minimum Gasteiger partial charge on any atom is -0.394 e. The first-order chi connectivity index (χ1) is 8.08. The van der Waals surface area contributed by atoms with Crippen molar-refractivity contribution in [2.45, 2.75) is 6.92 Å². The molecular formula is C11H10ClFN4. The van der Waals surface area contributed by atoms with Gasteiger partial charge < -0.3 is 11.1 Å². The average molecular weight is 253 g/mol. The highest BCUT2D eigenvalue weighted by atomic mass is 35.5. The lowest BCUT2D eigenvalue weighted by atomic mass is 10.2. The minimum atomic E-state index is -0.351. The molecule has 0 aliphatic carbocycles. The number of nitrogens with one attached hydrogen (secondary N) is 1. The van der Waals surface area contributed by atoms with Gasteiger partial charge in [-0.1, -0.05) is 11.6 Å². The van der Waals surface area contributed by atoms with Crippen molar-refractivity contribution in [3.8, 4) is 0 Å². The van der Waals surface area contributed by atoms with Crippen LogP contribution in [0.5, 0.6) is 0 Å². The monoisotopic (exact) mass is 252 g/mol. The van der Waals surface area contributed by atoms with Gasteiger partial charge in [0.1, 0.15) is 12.1 Å². The van der Waals surface area contributed by atoms with Crippen LogP contribution in [0.25, 0.3) is 0 Å². The van der Waals surface area contributed by atoms with Gasteiger partial charge in [0.25, 0.3) is 0 Å². The molecule has 0 fully saturated rings. The molecule has 0 unspecified atom stereocenters. The zero-order valence-corrected chi connectivity index (χ0v) is 9.79. The van der Waals surface area contributed by atoms with Crippen LogP contribution >= 0.6 is 11.6 Å². The third-order valence-corrected chi connectivity index (χ3v) is 2.55. The molecule has 0 radical (unpaired) electrons. The first kappa shape index (κ1) is 11.6. The molecule has 0 atom stereocenters. The van der Waals surface area contributed by atoms with Gasteiger partial charge in [0.2, 0.25) is 0 Å². The number of hydrogen-bond acceptors (Lipinski definition) is 4. The summed E-state index contributed by atoms with van der Waals surface area (Å²) in [6, 6.07) is 2.84. The van der Waals surface area contributed by atoms with Crippen LogP contribution in [-0.2, 0) is 0 Å². The fraction of sp³-hybridized carbons (Fsp3) is 0.0909. The molecule has 1 aromatic carbocycles. The van der Waals surface area contributed by atoms with Crippen LogP contribution in [-0.4, -0.2) is 9.97 Å². The summed E-state index contributed by atoms with van der Waals surface area (Å²) in [6.07, 6.45) is 2.84. The third kappa shape index (κ3) is 2.45. The second-order valence-electron chi connectivity index (χ2n) is 3.53. The molecule has 1 heterocycles. The lowest BCUT2D eigenvalue weighted by Gasteiger charge is -2.10. The zero-order chi connectivity index (χ0) is 12.4. The summed E-state index contributed by atoms with van der Waals surface area (Å²) in [6.45, 7) is 1.65. The topological polar surface area (TPSA) is 63.8 Å². The number of hydrogen-bond donors (Lipinski definition) is 2. The van der Waals surface area contributed by atoms with Crippen LogP contribution in [0.4, 0.5) is 21.6 Å². The maximum Gasteiger partial charge on any atom is 0.157 e. The van der Waals surface area contributed by atoms with Crippen LogP contribution in [0, 0.1) is 12.7 Å². The van der Waals surface area contributed by atoms with Gasteiger partial charge >= 0.3 is 0 Å². The van der Waals surface area contributed by atoms with E-state index in [4.69, 9.17) is 17.3 Å². The van der Waals surface area contributed by atoms with Crippen LogP contribution in [0.15, 0.2) is 24.7 Å². The summed E-state index contributed by atoms with van der Waals surface area (Å²) in [5.74, 6) is 0.0871. The summed E-state index contributed by atoms with van der Waals surface area (Å²) in [4.78, 5) is 7.74. The highest BCUT2D eigenvalue weighted by molar-refractivity contribution is 6.33. The molecule has 0 aliphatic rings. The quantitative estimate of drug-likeness (QED) is 0.863. The molecule has 0 bridgehead atoms. The second kappa shape index (κ2) is 4.55. The van der Waals surface area contributed by atoms with E-state index >= 15 is 0 Å². The van der Waals surface area contributed by atoms with E-state index in [0.717, 1.165) is 0 Å². The summed E-state index contributed by atoms with van der Waals surface area (Å²) in [5, 5.41) is 3.20. The predicted octanol–water partition coefficient (Wildman–Crippen LogP) is 2.90. The Kier molecular flexibility index (Phi) is 3.10. The maximum absolute atomic E-state index is 13.2. The molecule has 0 aliphatic heterocycles. The smallest absolute Gasteiger partial charge is 0.157 e. The van der Waals surface area contributed by atoms with Crippen molar-refractivity contribution >= 4 is 28.8 Å². The van der Waals surface area contributed by atoms with Crippen molar-refractivity contribution in [2.24, 2.45) is 0 Å². The van der Waals surface area contributed by atoms with E-state index in [2.05, 4.69) is 15.3 Å². The fourth-order valence-electron chi connectivity index (χ4n) is 1.33. The zero-order valence-electron chi connectivity index (χ0n) is 9.04. The van der Waals surface area contributed by atoms with Crippen molar-refractivity contribution in [1.29, 1.82) is 0 Å². The molecular weight excluding hydrogens is 243 g/mol. The van der Waals surface area contributed by atoms with E-state index in [-0.39, 0.29) is 10.8 Å². The molecule has 0 spiro atoms. The molecule has 3 N–H and O–H groups in total. The highest BCUT2D eigenvalue weighted by Crippen LogP contribution is 2.28.